The fourth-order valence-electron chi connectivity index (χ4n) is 4.57. The molecule has 2 aromatic heterocycles. The number of benzene rings is 1. The zero-order chi connectivity index (χ0) is 27.2. The maximum Gasteiger partial charge on any atom is 0.418 e. The number of aromatic nitrogens is 2. The smallest absolute Gasteiger partial charge is 0.396 e. The Morgan fingerprint density at radius 1 is 0.921 bits per heavy atom. The molecule has 0 radical (unpaired) electrons. The molecule has 11 heteroatoms. The minimum Gasteiger partial charge on any atom is -0.396 e. The molecular weight excluding hydrogens is 517 g/mol. The number of aryl methyl sites for hydroxylation is 1. The number of sulfonamides is 1. The fraction of sp³-hybridized carbons (Fsp3) is 0.407. The first kappa shape index (κ1) is 27.8. The summed E-state index contributed by atoms with van der Waals surface area (Å²) < 4.78 is 70.5. The number of rotatable bonds is 5. The summed E-state index contributed by atoms with van der Waals surface area (Å²) in [7, 11) is -4.23. The van der Waals surface area contributed by atoms with Crippen LogP contribution in [0.25, 0.3) is 11.3 Å². The molecule has 0 atom stereocenters. The van der Waals surface area contributed by atoms with Crippen LogP contribution in [0.15, 0.2) is 59.6 Å². The second-order valence-corrected chi connectivity index (χ2v) is 10.9. The van der Waals surface area contributed by atoms with E-state index in [0.29, 0.717) is 37.3 Å². The zero-order valence-electron chi connectivity index (χ0n) is 20.9. The highest BCUT2D eigenvalue weighted by atomic mass is 32.2. The van der Waals surface area contributed by atoms with Crippen molar-refractivity contribution in [1.29, 1.82) is 0 Å². The molecule has 4 bridgehead atoms. The van der Waals surface area contributed by atoms with Crippen molar-refractivity contribution in [2.24, 2.45) is 0 Å². The van der Waals surface area contributed by atoms with Crippen LogP contribution in [0.3, 0.4) is 0 Å². The van der Waals surface area contributed by atoms with Crippen molar-refractivity contribution in [3.63, 3.8) is 0 Å². The Labute approximate surface area is 220 Å². The molecule has 1 aliphatic rings. The summed E-state index contributed by atoms with van der Waals surface area (Å²) in [6.45, 7) is 1.44. The molecule has 2 N–H and O–H groups in total. The van der Waals surface area contributed by atoms with Gasteiger partial charge in [-0.15, -0.1) is 0 Å². The summed E-state index contributed by atoms with van der Waals surface area (Å²) in [6, 6.07) is 13.4. The molecule has 0 fully saturated rings. The van der Waals surface area contributed by atoms with E-state index >= 15 is 0 Å². The molecule has 4 rings (SSSR count). The third kappa shape index (κ3) is 6.82. The number of nitrogens with one attached hydrogen (secondary N) is 1. The molecule has 0 aliphatic carbocycles. The number of aliphatic hydroxyl groups excluding tert-OH is 1. The van der Waals surface area contributed by atoms with E-state index < -0.39 is 21.8 Å². The van der Waals surface area contributed by atoms with Gasteiger partial charge in [-0.1, -0.05) is 36.8 Å². The number of fused-ring (bicyclic) bond motifs is 6. The number of nitrogens with zero attached hydrogens (tertiary/aromatic N) is 3. The predicted molar refractivity (Wildman–Crippen MR) is 140 cm³/mol. The standard InChI is InChI=1S/C27H31F3N4O3S/c28-27(29,30)22-15-16-23-31-26(22)21-12-5-4-11-20(21)10-3-1-6-17-34(18-7-2-8-19-35)24-13-9-14-25(32-24)38(36,37)33-23/h4-5,9,11-16,35H,1-3,6-8,10,17-19H2,(H,31,33). The lowest BCUT2D eigenvalue weighted by Crippen LogP contribution is -2.27. The molecule has 0 saturated heterocycles. The second-order valence-electron chi connectivity index (χ2n) is 9.27. The summed E-state index contributed by atoms with van der Waals surface area (Å²) in [5.41, 5.74) is -0.175. The van der Waals surface area contributed by atoms with Gasteiger partial charge in [-0.05, 0) is 68.4 Å². The van der Waals surface area contributed by atoms with E-state index in [0.717, 1.165) is 49.8 Å². The molecule has 0 amide bonds. The molecule has 7 nitrogen and oxygen atoms in total. The Morgan fingerprint density at radius 2 is 1.74 bits per heavy atom. The lowest BCUT2D eigenvalue weighted by atomic mass is 9.96. The van der Waals surface area contributed by atoms with Crippen LogP contribution < -0.4 is 9.62 Å². The molecular formula is C27H31F3N4O3S. The van der Waals surface area contributed by atoms with Crippen molar-refractivity contribution in [3.05, 3.63) is 65.7 Å². The first-order valence-electron chi connectivity index (χ1n) is 12.7. The summed E-state index contributed by atoms with van der Waals surface area (Å²) in [5.74, 6) is 0.290. The highest BCUT2D eigenvalue weighted by Crippen LogP contribution is 2.38. The monoisotopic (exact) mass is 548 g/mol. The van der Waals surface area contributed by atoms with Gasteiger partial charge < -0.3 is 10.0 Å². The molecule has 3 aromatic rings. The van der Waals surface area contributed by atoms with Crippen LogP contribution in [0.1, 0.15) is 49.7 Å². The summed E-state index contributed by atoms with van der Waals surface area (Å²) >= 11 is 0. The van der Waals surface area contributed by atoms with Gasteiger partial charge in [-0.3, -0.25) is 4.72 Å². The van der Waals surface area contributed by atoms with Gasteiger partial charge in [0.05, 0.1) is 11.3 Å². The van der Waals surface area contributed by atoms with Crippen LogP contribution in [-0.4, -0.2) is 43.2 Å². The van der Waals surface area contributed by atoms with Gasteiger partial charge in [0.25, 0.3) is 10.0 Å². The minimum absolute atomic E-state index is 0.124. The number of hydrogen-bond donors (Lipinski definition) is 2. The van der Waals surface area contributed by atoms with Crippen LogP contribution in [0.5, 0.6) is 0 Å². The second kappa shape index (κ2) is 12.1. The molecule has 1 aromatic carbocycles. The summed E-state index contributed by atoms with van der Waals surface area (Å²) in [5, 5.41) is 8.84. The Bertz CT molecular complexity index is 1350. The van der Waals surface area contributed by atoms with E-state index in [1.54, 1.807) is 36.4 Å². The van der Waals surface area contributed by atoms with Crippen molar-refractivity contribution in [3.8, 4) is 11.3 Å². The molecule has 38 heavy (non-hydrogen) atoms. The van der Waals surface area contributed by atoms with Crippen molar-refractivity contribution < 1.29 is 26.7 Å². The number of halogens is 3. The van der Waals surface area contributed by atoms with Crippen LogP contribution in [-0.2, 0) is 22.6 Å². The van der Waals surface area contributed by atoms with Crippen LogP contribution in [0.4, 0.5) is 24.8 Å². The molecule has 0 saturated carbocycles. The van der Waals surface area contributed by atoms with Gasteiger partial charge in [0, 0.05) is 25.3 Å². The molecule has 0 unspecified atom stereocenters. The normalized spacial score (nSPS) is 15.9. The van der Waals surface area contributed by atoms with Crippen molar-refractivity contribution >= 4 is 21.7 Å². The third-order valence-electron chi connectivity index (χ3n) is 6.48. The first-order valence-corrected chi connectivity index (χ1v) is 14.2. The van der Waals surface area contributed by atoms with E-state index in [4.69, 9.17) is 5.11 Å². The van der Waals surface area contributed by atoms with Gasteiger partial charge >= 0.3 is 6.18 Å². The topological polar surface area (TPSA) is 95.4 Å². The Kier molecular flexibility index (Phi) is 8.88. The van der Waals surface area contributed by atoms with Gasteiger partial charge in [0.15, 0.2) is 5.03 Å². The highest BCUT2D eigenvalue weighted by Gasteiger charge is 2.35. The minimum atomic E-state index is -4.66. The van der Waals surface area contributed by atoms with Crippen LogP contribution >= 0.6 is 0 Å². The predicted octanol–water partition coefficient (Wildman–Crippen LogP) is 5.66. The summed E-state index contributed by atoms with van der Waals surface area (Å²) in [6.07, 6.45) is 0.673. The van der Waals surface area contributed by atoms with E-state index in [1.165, 1.54) is 6.07 Å². The van der Waals surface area contributed by atoms with Gasteiger partial charge in [0.2, 0.25) is 0 Å². The highest BCUT2D eigenvalue weighted by molar-refractivity contribution is 7.92. The zero-order valence-corrected chi connectivity index (χ0v) is 21.7. The number of unbranched alkanes of at least 4 members (excludes halogenated alkanes) is 2. The van der Waals surface area contributed by atoms with Crippen molar-refractivity contribution in [2.45, 2.75) is 56.1 Å². The van der Waals surface area contributed by atoms with Gasteiger partial charge in [-0.2, -0.15) is 21.6 Å². The van der Waals surface area contributed by atoms with E-state index in [1.807, 2.05) is 4.90 Å². The maximum atomic E-state index is 13.9. The van der Waals surface area contributed by atoms with Crippen molar-refractivity contribution in [1.82, 2.24) is 9.97 Å². The third-order valence-corrected chi connectivity index (χ3v) is 7.74. The quantitative estimate of drug-likeness (QED) is 0.400. The average molecular weight is 549 g/mol. The first-order chi connectivity index (χ1) is 18.2. The van der Waals surface area contributed by atoms with Gasteiger partial charge in [-0.25, -0.2) is 9.97 Å². The average Bonchev–Trinajstić information content (AvgIpc) is 2.88. The SMILES string of the molecule is O=S1(=O)Nc2ccc(C(F)(F)F)c(n2)-c2ccccc2CCCCCN(CCCCCO)c2cccc1n2. The number of anilines is 2. The molecule has 1 aliphatic heterocycles. The fourth-order valence-corrected chi connectivity index (χ4v) is 5.53. The van der Waals surface area contributed by atoms with Crippen LogP contribution in [0.2, 0.25) is 0 Å². The molecule has 0 spiro atoms. The number of alkyl halides is 3. The Balaban J connectivity index is 1.76. The Morgan fingerprint density at radius 3 is 2.53 bits per heavy atom. The maximum absolute atomic E-state index is 13.9. The van der Waals surface area contributed by atoms with E-state index in [9.17, 15) is 21.6 Å². The Hall–Kier alpha value is -3.18. The van der Waals surface area contributed by atoms with E-state index in [2.05, 4.69) is 14.7 Å². The summed E-state index contributed by atoms with van der Waals surface area (Å²) in [4.78, 5) is 10.6. The number of pyridine rings is 2. The van der Waals surface area contributed by atoms with Crippen molar-refractivity contribution in [2.75, 3.05) is 29.3 Å². The lowest BCUT2D eigenvalue weighted by molar-refractivity contribution is -0.137. The number of aliphatic hydroxyl groups is 1. The lowest BCUT2D eigenvalue weighted by Gasteiger charge is -2.24. The van der Waals surface area contributed by atoms with Gasteiger partial charge in [0.1, 0.15) is 11.6 Å². The largest absolute Gasteiger partial charge is 0.418 e. The van der Waals surface area contributed by atoms with Crippen LogP contribution in [0, 0.1) is 0 Å². The van der Waals surface area contributed by atoms with E-state index in [-0.39, 0.29) is 23.1 Å². The number of hydrogen-bond acceptors (Lipinski definition) is 6. The molecule has 204 valence electrons. The molecule has 3 heterocycles.